The van der Waals surface area contributed by atoms with Gasteiger partial charge in [-0.1, -0.05) is 12.1 Å². The van der Waals surface area contributed by atoms with E-state index in [1.54, 1.807) is 32.0 Å². The fourth-order valence-electron chi connectivity index (χ4n) is 5.39. The second-order valence-corrected chi connectivity index (χ2v) is 11.4. The molecule has 1 saturated heterocycles. The smallest absolute Gasteiger partial charge is 0.408 e. The molecule has 0 saturated carbocycles. The third-order valence-electron chi connectivity index (χ3n) is 7.22. The lowest BCUT2D eigenvalue weighted by Crippen LogP contribution is -2.52. The van der Waals surface area contributed by atoms with E-state index >= 15 is 0 Å². The maximum atomic E-state index is 13.5. The lowest BCUT2D eigenvalue weighted by Gasteiger charge is -2.33. The summed E-state index contributed by atoms with van der Waals surface area (Å²) < 4.78 is 11.7. The molecule has 4 N–H and O–H groups in total. The maximum Gasteiger partial charge on any atom is 0.408 e. The number of primary amides is 1. The highest BCUT2D eigenvalue weighted by Crippen LogP contribution is 2.32. The van der Waals surface area contributed by atoms with Gasteiger partial charge in [0.1, 0.15) is 35.8 Å². The van der Waals surface area contributed by atoms with Crippen molar-refractivity contribution in [2.75, 3.05) is 24.6 Å². The van der Waals surface area contributed by atoms with Crippen molar-refractivity contribution in [1.29, 1.82) is 0 Å². The van der Waals surface area contributed by atoms with Crippen LogP contribution in [0, 0.1) is 0 Å². The first-order valence-electron chi connectivity index (χ1n) is 13.8. The molecule has 4 heterocycles. The van der Waals surface area contributed by atoms with Crippen LogP contribution in [-0.4, -0.2) is 80.1 Å². The summed E-state index contributed by atoms with van der Waals surface area (Å²) in [5, 5.41) is 2.53. The zero-order valence-corrected chi connectivity index (χ0v) is 23.6. The molecule has 0 aliphatic carbocycles. The van der Waals surface area contributed by atoms with Crippen LogP contribution in [0.25, 0.3) is 11.2 Å². The number of nitrogens with zero attached hydrogens (tertiary/aromatic N) is 5. The molecule has 2 aliphatic heterocycles. The molecule has 0 spiro atoms. The van der Waals surface area contributed by atoms with Crippen molar-refractivity contribution < 1.29 is 23.9 Å². The average Bonchev–Trinajstić information content (AvgIpc) is 3.59. The zero-order valence-electron chi connectivity index (χ0n) is 23.6. The van der Waals surface area contributed by atoms with Gasteiger partial charge in [0.2, 0.25) is 11.8 Å². The molecular weight excluding hydrogens is 528 g/mol. The average molecular weight is 565 g/mol. The van der Waals surface area contributed by atoms with Crippen molar-refractivity contribution in [2.45, 2.75) is 70.7 Å². The lowest BCUT2D eigenvalue weighted by atomic mass is 9.98. The number of nitrogens with two attached hydrogens (primary N) is 1. The summed E-state index contributed by atoms with van der Waals surface area (Å²) in [6.45, 7) is 7.16. The summed E-state index contributed by atoms with van der Waals surface area (Å²) in [6, 6.07) is 4.87. The maximum absolute atomic E-state index is 13.5. The predicted molar refractivity (Wildman–Crippen MR) is 150 cm³/mol. The minimum Gasteiger partial charge on any atom is -0.491 e. The number of anilines is 1. The number of hydrogen-bond acceptors (Lipinski definition) is 9. The molecule has 3 amide bonds. The highest BCUT2D eigenvalue weighted by atomic mass is 16.6. The van der Waals surface area contributed by atoms with Gasteiger partial charge in [-0.3, -0.25) is 9.59 Å². The summed E-state index contributed by atoms with van der Waals surface area (Å²) in [4.78, 5) is 57.6. The third-order valence-corrected chi connectivity index (χ3v) is 7.22. The Kier molecular flexibility index (Phi) is 7.95. The van der Waals surface area contributed by atoms with Crippen molar-refractivity contribution in [3.63, 3.8) is 0 Å². The first-order valence-corrected chi connectivity index (χ1v) is 13.8. The standard InChI is InChI=1S/C28H36N8O5/c1-28(2,3)41-27(39)34-20(12-22(29)37)26(38)35-11-9-17-6-4-8-21(19(17)13-35)40-14-18-7-5-10-36(18)25-23-24(31-15-30-23)32-16-33-25/h4,6,8,15-16,18,20H,5,7,9-14H2,1-3H3,(H2,29,37)(H,34,39)(H,30,31,32,33)/t18-,20?/m1/s1. The van der Waals surface area contributed by atoms with Crippen LogP contribution in [0.15, 0.2) is 30.9 Å². The number of amides is 3. The number of carbonyl (C=O) groups is 3. The fraction of sp³-hybridized carbons (Fsp3) is 0.500. The molecule has 0 bridgehead atoms. The van der Waals surface area contributed by atoms with Crippen LogP contribution >= 0.6 is 0 Å². The van der Waals surface area contributed by atoms with Gasteiger partial charge in [0.25, 0.3) is 0 Å². The van der Waals surface area contributed by atoms with Gasteiger partial charge in [-0.05, 0) is 51.7 Å². The van der Waals surface area contributed by atoms with Crippen LogP contribution in [0.1, 0.15) is 51.2 Å². The van der Waals surface area contributed by atoms with E-state index < -0.39 is 29.6 Å². The van der Waals surface area contributed by atoms with Gasteiger partial charge in [0.15, 0.2) is 11.5 Å². The van der Waals surface area contributed by atoms with Gasteiger partial charge in [0, 0.05) is 25.2 Å². The second kappa shape index (κ2) is 11.6. The predicted octanol–water partition coefficient (Wildman–Crippen LogP) is 2.05. The largest absolute Gasteiger partial charge is 0.491 e. The minimum atomic E-state index is -1.13. The van der Waals surface area contributed by atoms with Crippen molar-refractivity contribution in [2.24, 2.45) is 5.73 Å². The van der Waals surface area contributed by atoms with E-state index in [-0.39, 0.29) is 19.0 Å². The molecule has 1 fully saturated rings. The summed E-state index contributed by atoms with van der Waals surface area (Å²) in [5.41, 5.74) is 8.07. The molecule has 1 unspecified atom stereocenters. The Labute approximate surface area is 237 Å². The van der Waals surface area contributed by atoms with Gasteiger partial charge >= 0.3 is 6.09 Å². The highest BCUT2D eigenvalue weighted by molar-refractivity contribution is 5.90. The van der Waals surface area contributed by atoms with Crippen LogP contribution in [0.5, 0.6) is 5.75 Å². The number of imidazole rings is 1. The van der Waals surface area contributed by atoms with Crippen LogP contribution in [0.3, 0.4) is 0 Å². The summed E-state index contributed by atoms with van der Waals surface area (Å²) in [7, 11) is 0. The molecule has 2 atom stereocenters. The number of rotatable bonds is 8. The number of alkyl carbamates (subject to hydrolysis) is 1. The topological polar surface area (TPSA) is 169 Å². The molecule has 13 nitrogen and oxygen atoms in total. The number of benzene rings is 1. The monoisotopic (exact) mass is 564 g/mol. The van der Waals surface area contributed by atoms with Gasteiger partial charge in [0.05, 0.1) is 18.8 Å². The van der Waals surface area contributed by atoms with E-state index in [0.717, 1.165) is 41.8 Å². The Morgan fingerprint density at radius 1 is 1.20 bits per heavy atom. The van der Waals surface area contributed by atoms with E-state index in [1.807, 2.05) is 18.2 Å². The molecule has 41 heavy (non-hydrogen) atoms. The van der Waals surface area contributed by atoms with Crippen molar-refractivity contribution in [3.8, 4) is 5.75 Å². The molecule has 2 aromatic heterocycles. The van der Waals surface area contributed by atoms with Crippen molar-refractivity contribution >= 4 is 34.9 Å². The highest BCUT2D eigenvalue weighted by Gasteiger charge is 2.33. The van der Waals surface area contributed by atoms with E-state index in [9.17, 15) is 14.4 Å². The molecule has 1 aromatic carbocycles. The number of fused-ring (bicyclic) bond motifs is 2. The van der Waals surface area contributed by atoms with E-state index in [0.29, 0.717) is 31.0 Å². The summed E-state index contributed by atoms with van der Waals surface area (Å²) in [6.07, 6.45) is 4.60. The Balaban J connectivity index is 1.28. The van der Waals surface area contributed by atoms with Crippen LogP contribution in [0.4, 0.5) is 10.6 Å². The molecule has 3 aromatic rings. The van der Waals surface area contributed by atoms with Crippen LogP contribution in [-0.2, 0) is 27.3 Å². The lowest BCUT2D eigenvalue weighted by molar-refractivity contribution is -0.136. The Morgan fingerprint density at radius 2 is 2.02 bits per heavy atom. The van der Waals surface area contributed by atoms with Gasteiger partial charge < -0.3 is 35.3 Å². The number of carbonyl (C=O) groups excluding carboxylic acids is 3. The van der Waals surface area contributed by atoms with Crippen LogP contribution < -0.4 is 20.7 Å². The molecule has 2 aliphatic rings. The number of nitrogens with one attached hydrogen (secondary N) is 2. The van der Waals surface area contributed by atoms with Crippen molar-refractivity contribution in [1.82, 2.24) is 30.2 Å². The summed E-state index contributed by atoms with van der Waals surface area (Å²) >= 11 is 0. The molecule has 13 heteroatoms. The van der Waals surface area contributed by atoms with Gasteiger partial charge in [-0.2, -0.15) is 0 Å². The number of hydrogen-bond donors (Lipinski definition) is 3. The minimum absolute atomic E-state index is 0.103. The SMILES string of the molecule is CC(C)(C)OC(=O)NC(CC(N)=O)C(=O)N1CCc2cccc(OC[C@H]3CCCN3c3ncnc4nc[nH]c34)c2C1. The Hall–Kier alpha value is -4.42. The van der Waals surface area contributed by atoms with Gasteiger partial charge in [-0.15, -0.1) is 0 Å². The molecular formula is C28H36N8O5. The van der Waals surface area contributed by atoms with Crippen molar-refractivity contribution in [3.05, 3.63) is 42.0 Å². The first-order chi connectivity index (χ1) is 19.6. The molecule has 0 radical (unpaired) electrons. The summed E-state index contributed by atoms with van der Waals surface area (Å²) in [5.74, 6) is 0.415. The Bertz CT molecular complexity index is 1430. The number of H-pyrrole nitrogens is 1. The number of aromatic nitrogens is 4. The van der Waals surface area contributed by atoms with Gasteiger partial charge in [-0.25, -0.2) is 19.7 Å². The quantitative estimate of drug-likeness (QED) is 0.371. The van der Waals surface area contributed by atoms with E-state index in [2.05, 4.69) is 30.2 Å². The first kappa shape index (κ1) is 28.1. The normalized spacial score (nSPS) is 17.7. The Morgan fingerprint density at radius 3 is 2.80 bits per heavy atom. The van der Waals surface area contributed by atoms with E-state index in [1.165, 1.54) is 6.33 Å². The fourth-order valence-corrected chi connectivity index (χ4v) is 5.39. The second-order valence-electron chi connectivity index (χ2n) is 11.4. The zero-order chi connectivity index (χ0) is 29.1. The third kappa shape index (κ3) is 6.50. The molecule has 5 rings (SSSR count). The van der Waals surface area contributed by atoms with Crippen LogP contribution in [0.2, 0.25) is 0 Å². The number of ether oxygens (including phenoxy) is 2. The van der Waals surface area contributed by atoms with E-state index in [4.69, 9.17) is 15.2 Å². The molecule has 218 valence electrons. The number of aromatic amines is 1.